The molecule has 240 valence electrons. The molecule has 0 amide bonds. The van der Waals surface area contributed by atoms with Crippen molar-refractivity contribution in [2.75, 3.05) is 26.4 Å². The molecule has 2 unspecified atom stereocenters. The minimum atomic E-state index is -4.36. The van der Waals surface area contributed by atoms with E-state index in [1.165, 1.54) is 0 Å². The van der Waals surface area contributed by atoms with Gasteiger partial charge in [0.15, 0.2) is 6.10 Å². The van der Waals surface area contributed by atoms with Gasteiger partial charge in [0.25, 0.3) is 0 Å². The van der Waals surface area contributed by atoms with Crippen LogP contribution in [0, 0.1) is 0 Å². The lowest BCUT2D eigenvalue weighted by Gasteiger charge is -2.19. The second kappa shape index (κ2) is 28.8. The molecule has 0 aliphatic heterocycles. The predicted molar refractivity (Wildman–Crippen MR) is 169 cm³/mol. The molecule has 0 aliphatic carbocycles. The van der Waals surface area contributed by atoms with Gasteiger partial charge in [-0.05, 0) is 57.8 Å². The summed E-state index contributed by atoms with van der Waals surface area (Å²) in [5, 5.41) is 0. The van der Waals surface area contributed by atoms with Crippen LogP contribution in [0.1, 0.15) is 97.3 Å². The highest BCUT2D eigenvalue weighted by molar-refractivity contribution is 7.47. The molecule has 0 saturated heterocycles. The van der Waals surface area contributed by atoms with Crippen LogP contribution >= 0.6 is 7.82 Å². The first kappa shape index (κ1) is 39.7. The van der Waals surface area contributed by atoms with Crippen molar-refractivity contribution in [1.29, 1.82) is 0 Å². The van der Waals surface area contributed by atoms with Gasteiger partial charge in [-0.25, -0.2) is 4.57 Å². The number of phosphoric acid groups is 1. The number of nitrogens with two attached hydrogens (primary N) is 1. The van der Waals surface area contributed by atoms with Crippen molar-refractivity contribution in [3.05, 3.63) is 60.8 Å². The summed E-state index contributed by atoms with van der Waals surface area (Å²) in [5.41, 5.74) is 5.27. The van der Waals surface area contributed by atoms with Gasteiger partial charge in [-0.3, -0.25) is 18.6 Å². The van der Waals surface area contributed by atoms with Crippen LogP contribution in [-0.4, -0.2) is 49.3 Å². The maximum absolute atomic E-state index is 12.3. The maximum atomic E-state index is 12.3. The molecule has 0 spiro atoms. The second-order valence-corrected chi connectivity index (χ2v) is 11.0. The average molecular weight is 612 g/mol. The van der Waals surface area contributed by atoms with E-state index in [1.54, 1.807) is 0 Å². The summed E-state index contributed by atoms with van der Waals surface area (Å²) in [6, 6.07) is 0. The first-order chi connectivity index (χ1) is 20.3. The van der Waals surface area contributed by atoms with E-state index >= 15 is 0 Å². The van der Waals surface area contributed by atoms with Gasteiger partial charge in [-0.15, -0.1) is 0 Å². The fraction of sp³-hybridized carbons (Fsp3) is 0.625. The Kier molecular flexibility index (Phi) is 27.2. The van der Waals surface area contributed by atoms with Crippen LogP contribution in [0.5, 0.6) is 0 Å². The Morgan fingerprint density at radius 2 is 1.31 bits per heavy atom. The first-order valence-corrected chi connectivity index (χ1v) is 16.8. The maximum Gasteiger partial charge on any atom is 0.472 e. The Hall–Kier alpha value is -2.29. The quantitative estimate of drug-likeness (QED) is 0.0421. The number of unbranched alkanes of at least 4 members (excludes halogenated alkanes) is 4. The van der Waals surface area contributed by atoms with E-state index in [0.29, 0.717) is 12.8 Å². The fourth-order valence-corrected chi connectivity index (χ4v) is 4.17. The number of hydrogen-bond acceptors (Lipinski definition) is 8. The van der Waals surface area contributed by atoms with Gasteiger partial charge in [-0.1, -0.05) is 87.4 Å². The van der Waals surface area contributed by atoms with Gasteiger partial charge in [-0.2, -0.15) is 0 Å². The third-order valence-electron chi connectivity index (χ3n) is 5.67. The van der Waals surface area contributed by atoms with Crippen molar-refractivity contribution in [1.82, 2.24) is 0 Å². The zero-order valence-corrected chi connectivity index (χ0v) is 26.6. The summed E-state index contributed by atoms with van der Waals surface area (Å²) < 4.78 is 32.0. The molecule has 0 bridgehead atoms. The SMILES string of the molecule is CC/C=C\C/C=C\C/C=C\C/C=C\C/C=C\CCCCCC(=O)OC(COC(=O)CCCC)COP(=O)(O)OCCN. The molecule has 9 nitrogen and oxygen atoms in total. The Morgan fingerprint density at radius 1 is 0.738 bits per heavy atom. The lowest BCUT2D eigenvalue weighted by molar-refractivity contribution is -0.161. The molecule has 0 aromatic heterocycles. The van der Waals surface area contributed by atoms with Crippen molar-refractivity contribution in [2.45, 2.75) is 103 Å². The molecule has 10 heteroatoms. The van der Waals surface area contributed by atoms with E-state index in [0.717, 1.165) is 57.8 Å². The zero-order valence-electron chi connectivity index (χ0n) is 25.7. The zero-order chi connectivity index (χ0) is 31.2. The smallest absolute Gasteiger partial charge is 0.462 e. The molecule has 0 aliphatic rings. The highest BCUT2D eigenvalue weighted by Gasteiger charge is 2.25. The second-order valence-electron chi connectivity index (χ2n) is 9.59. The number of phosphoric ester groups is 1. The molecule has 0 heterocycles. The van der Waals surface area contributed by atoms with Gasteiger partial charge in [0.2, 0.25) is 0 Å². The highest BCUT2D eigenvalue weighted by atomic mass is 31.2. The number of esters is 2. The van der Waals surface area contributed by atoms with Gasteiger partial charge in [0, 0.05) is 19.4 Å². The molecular formula is C32H54NO8P. The summed E-state index contributed by atoms with van der Waals surface area (Å²) in [7, 11) is -4.36. The third kappa shape index (κ3) is 27.9. The Labute approximate surface area is 253 Å². The molecule has 0 aromatic carbocycles. The van der Waals surface area contributed by atoms with E-state index < -0.39 is 32.5 Å². The summed E-state index contributed by atoms with van der Waals surface area (Å²) in [4.78, 5) is 33.8. The number of rotatable bonds is 27. The van der Waals surface area contributed by atoms with Crippen LogP contribution in [0.15, 0.2) is 60.8 Å². The Morgan fingerprint density at radius 3 is 1.88 bits per heavy atom. The van der Waals surface area contributed by atoms with Crippen LogP contribution in [0.25, 0.3) is 0 Å². The van der Waals surface area contributed by atoms with Gasteiger partial charge < -0.3 is 20.1 Å². The largest absolute Gasteiger partial charge is 0.472 e. The summed E-state index contributed by atoms with van der Waals surface area (Å²) >= 11 is 0. The number of ether oxygens (including phenoxy) is 2. The molecule has 2 atom stereocenters. The van der Waals surface area contributed by atoms with Crippen molar-refractivity contribution in [3.8, 4) is 0 Å². The first-order valence-electron chi connectivity index (χ1n) is 15.3. The number of carbonyl (C=O) groups excluding carboxylic acids is 2. The lowest BCUT2D eigenvalue weighted by atomic mass is 10.1. The number of hydrogen-bond donors (Lipinski definition) is 2. The fourth-order valence-electron chi connectivity index (χ4n) is 3.40. The molecule has 3 N–H and O–H groups in total. The summed E-state index contributed by atoms with van der Waals surface area (Å²) in [5.74, 6) is -0.918. The van der Waals surface area contributed by atoms with E-state index in [4.69, 9.17) is 19.7 Å². The van der Waals surface area contributed by atoms with Crippen molar-refractivity contribution < 1.29 is 37.6 Å². The van der Waals surface area contributed by atoms with Gasteiger partial charge >= 0.3 is 19.8 Å². The van der Waals surface area contributed by atoms with Gasteiger partial charge in [0.05, 0.1) is 13.2 Å². The molecule has 0 rings (SSSR count). The molecular weight excluding hydrogens is 557 g/mol. The topological polar surface area (TPSA) is 134 Å². The van der Waals surface area contributed by atoms with Crippen LogP contribution < -0.4 is 5.73 Å². The van der Waals surface area contributed by atoms with E-state index in [-0.39, 0.29) is 32.6 Å². The van der Waals surface area contributed by atoms with E-state index in [1.807, 2.05) is 6.92 Å². The lowest BCUT2D eigenvalue weighted by Crippen LogP contribution is -2.29. The van der Waals surface area contributed by atoms with Gasteiger partial charge in [0.1, 0.15) is 6.61 Å². The minimum Gasteiger partial charge on any atom is -0.462 e. The van der Waals surface area contributed by atoms with Crippen molar-refractivity contribution in [2.24, 2.45) is 5.73 Å². The highest BCUT2D eigenvalue weighted by Crippen LogP contribution is 2.43. The Bertz CT molecular complexity index is 882. The molecule has 0 radical (unpaired) electrons. The van der Waals surface area contributed by atoms with Crippen LogP contribution in [0.4, 0.5) is 0 Å². The standard InChI is InChI=1S/C32H54NO8P/c1-3-5-7-8-9-10-11-12-13-14-15-16-17-18-19-20-21-22-23-25-32(35)41-30(28-38-31(34)24-6-4-2)29-40-42(36,37)39-27-26-33/h5,7,9-10,12-13,15-16,18-19,30H,3-4,6,8,11,14,17,20-29,33H2,1-2H3,(H,36,37)/b7-5-,10-9-,13-12-,16-15-,19-18-. The monoisotopic (exact) mass is 611 g/mol. The predicted octanol–water partition coefficient (Wildman–Crippen LogP) is 7.43. The number of allylic oxidation sites excluding steroid dienone is 10. The van der Waals surface area contributed by atoms with Crippen molar-refractivity contribution >= 4 is 19.8 Å². The van der Waals surface area contributed by atoms with Crippen molar-refractivity contribution in [3.63, 3.8) is 0 Å². The number of carbonyl (C=O) groups is 2. The normalized spacial score (nSPS) is 14.5. The van der Waals surface area contributed by atoms with E-state index in [9.17, 15) is 19.0 Å². The van der Waals surface area contributed by atoms with Crippen LogP contribution in [0.2, 0.25) is 0 Å². The Balaban J connectivity index is 4.18. The molecule has 0 aromatic rings. The third-order valence-corrected chi connectivity index (χ3v) is 6.65. The average Bonchev–Trinajstić information content (AvgIpc) is 2.97. The van der Waals surface area contributed by atoms with Crippen LogP contribution in [-0.2, 0) is 32.7 Å². The summed E-state index contributed by atoms with van der Waals surface area (Å²) in [6.45, 7) is 3.25. The molecule has 0 fully saturated rings. The van der Waals surface area contributed by atoms with E-state index in [2.05, 4.69) is 72.2 Å². The molecule has 42 heavy (non-hydrogen) atoms. The minimum absolute atomic E-state index is 0.0441. The van der Waals surface area contributed by atoms with Crippen LogP contribution in [0.3, 0.4) is 0 Å². The molecule has 0 saturated carbocycles. The summed E-state index contributed by atoms with van der Waals surface area (Å²) in [6.07, 6.45) is 30.9.